The highest BCUT2D eigenvalue weighted by atomic mass is 16.3. The van der Waals surface area contributed by atoms with E-state index in [4.69, 9.17) is 0 Å². The van der Waals surface area contributed by atoms with E-state index < -0.39 is 0 Å². The van der Waals surface area contributed by atoms with Crippen molar-refractivity contribution in [2.45, 2.75) is 18.8 Å². The molecular formula is C9H9N3O. The Balaban J connectivity index is 2.24. The normalized spacial score (nSPS) is 16.6. The molecule has 0 saturated heterocycles. The van der Waals surface area contributed by atoms with Gasteiger partial charge in [0.15, 0.2) is 0 Å². The average molecular weight is 175 g/mol. The molecule has 4 heteroatoms. The second-order valence-electron chi connectivity index (χ2n) is 3.45. The molecule has 0 radical (unpaired) electrons. The van der Waals surface area contributed by atoms with Gasteiger partial charge in [-0.1, -0.05) is 0 Å². The number of rotatable bonds is 1. The van der Waals surface area contributed by atoms with Crippen LogP contribution < -0.4 is 0 Å². The molecule has 1 saturated carbocycles. The lowest BCUT2D eigenvalue weighted by Gasteiger charge is -1.98. The van der Waals surface area contributed by atoms with Crippen LogP contribution in [0.2, 0.25) is 0 Å². The van der Waals surface area contributed by atoms with Crippen molar-refractivity contribution in [1.29, 1.82) is 0 Å². The van der Waals surface area contributed by atoms with E-state index >= 15 is 0 Å². The molecule has 3 rings (SSSR count). The highest BCUT2D eigenvalue weighted by Crippen LogP contribution is 2.39. The van der Waals surface area contributed by atoms with Gasteiger partial charge >= 0.3 is 0 Å². The van der Waals surface area contributed by atoms with Crippen molar-refractivity contribution in [2.75, 3.05) is 0 Å². The largest absolute Gasteiger partial charge is 0.493 e. The van der Waals surface area contributed by atoms with E-state index in [1.165, 1.54) is 24.6 Å². The molecular weight excluding hydrogens is 166 g/mol. The SMILES string of the molecule is Oc1cnc2ncc(C3CC3)cn12. The topological polar surface area (TPSA) is 50.4 Å². The summed E-state index contributed by atoms with van der Waals surface area (Å²) in [5.74, 6) is 1.37. The molecule has 0 aliphatic heterocycles. The van der Waals surface area contributed by atoms with Crippen molar-refractivity contribution in [3.63, 3.8) is 0 Å². The molecule has 0 atom stereocenters. The Kier molecular flexibility index (Phi) is 1.17. The molecule has 1 aliphatic rings. The van der Waals surface area contributed by atoms with Crippen molar-refractivity contribution >= 4 is 5.78 Å². The second-order valence-corrected chi connectivity index (χ2v) is 3.45. The zero-order valence-corrected chi connectivity index (χ0v) is 7.01. The Labute approximate surface area is 74.9 Å². The first-order valence-corrected chi connectivity index (χ1v) is 4.36. The van der Waals surface area contributed by atoms with E-state index in [9.17, 15) is 5.11 Å². The lowest BCUT2D eigenvalue weighted by atomic mass is 10.2. The lowest BCUT2D eigenvalue weighted by molar-refractivity contribution is 0.447. The summed E-state index contributed by atoms with van der Waals surface area (Å²) in [6.45, 7) is 0. The van der Waals surface area contributed by atoms with Crippen LogP contribution in [0.4, 0.5) is 0 Å². The maximum absolute atomic E-state index is 9.40. The second kappa shape index (κ2) is 2.22. The molecule has 2 aromatic rings. The molecule has 66 valence electrons. The highest BCUT2D eigenvalue weighted by Gasteiger charge is 2.24. The Morgan fingerprint density at radius 3 is 2.85 bits per heavy atom. The van der Waals surface area contributed by atoms with Gasteiger partial charge in [-0.3, -0.25) is 4.40 Å². The van der Waals surface area contributed by atoms with Gasteiger partial charge in [0.2, 0.25) is 11.7 Å². The molecule has 13 heavy (non-hydrogen) atoms. The van der Waals surface area contributed by atoms with Crippen LogP contribution in [0.15, 0.2) is 18.6 Å². The summed E-state index contributed by atoms with van der Waals surface area (Å²) in [6, 6.07) is 0. The molecule has 0 aromatic carbocycles. The predicted molar refractivity (Wildman–Crippen MR) is 46.6 cm³/mol. The third kappa shape index (κ3) is 0.983. The van der Waals surface area contributed by atoms with Crippen molar-refractivity contribution in [2.24, 2.45) is 0 Å². The summed E-state index contributed by atoms with van der Waals surface area (Å²) in [6.07, 6.45) is 7.66. The number of hydrogen-bond acceptors (Lipinski definition) is 3. The van der Waals surface area contributed by atoms with Crippen LogP contribution in [0.5, 0.6) is 5.88 Å². The van der Waals surface area contributed by atoms with Crippen LogP contribution >= 0.6 is 0 Å². The van der Waals surface area contributed by atoms with Crippen LogP contribution in [-0.2, 0) is 0 Å². The molecule has 4 nitrogen and oxygen atoms in total. The number of nitrogens with zero attached hydrogens (tertiary/aromatic N) is 3. The fraction of sp³-hybridized carbons (Fsp3) is 0.333. The lowest BCUT2D eigenvalue weighted by Crippen LogP contribution is -1.91. The van der Waals surface area contributed by atoms with Gasteiger partial charge in [0.1, 0.15) is 0 Å². The van der Waals surface area contributed by atoms with Gasteiger partial charge < -0.3 is 5.11 Å². The van der Waals surface area contributed by atoms with Gasteiger partial charge in [-0.2, -0.15) is 0 Å². The smallest absolute Gasteiger partial charge is 0.236 e. The zero-order chi connectivity index (χ0) is 8.84. The zero-order valence-electron chi connectivity index (χ0n) is 7.01. The van der Waals surface area contributed by atoms with E-state index in [1.54, 1.807) is 4.40 Å². The third-order valence-corrected chi connectivity index (χ3v) is 2.41. The Hall–Kier alpha value is -1.58. The first kappa shape index (κ1) is 6.88. The summed E-state index contributed by atoms with van der Waals surface area (Å²) in [4.78, 5) is 8.10. The molecule has 0 spiro atoms. The maximum Gasteiger partial charge on any atom is 0.236 e. The molecule has 0 amide bonds. The minimum Gasteiger partial charge on any atom is -0.493 e. The van der Waals surface area contributed by atoms with E-state index in [-0.39, 0.29) is 5.88 Å². The average Bonchev–Trinajstić information content (AvgIpc) is 2.93. The summed E-state index contributed by atoms with van der Waals surface area (Å²) in [5.41, 5.74) is 1.20. The van der Waals surface area contributed by atoms with Gasteiger partial charge in [-0.25, -0.2) is 9.97 Å². The standard InChI is InChI=1S/C9H9N3O/c13-8-4-11-9-10-3-7(5-12(8)9)6-1-2-6/h3-6,13H,1-2H2. The van der Waals surface area contributed by atoms with E-state index in [2.05, 4.69) is 9.97 Å². The van der Waals surface area contributed by atoms with Crippen molar-refractivity contribution in [1.82, 2.24) is 14.4 Å². The van der Waals surface area contributed by atoms with Gasteiger partial charge in [0, 0.05) is 12.4 Å². The molecule has 0 unspecified atom stereocenters. The molecule has 1 N–H and O–H groups in total. The van der Waals surface area contributed by atoms with Gasteiger partial charge in [-0.05, 0) is 24.3 Å². The van der Waals surface area contributed by atoms with Crippen LogP contribution in [0, 0.1) is 0 Å². The summed E-state index contributed by atoms with van der Waals surface area (Å²) >= 11 is 0. The Morgan fingerprint density at radius 1 is 1.31 bits per heavy atom. The highest BCUT2D eigenvalue weighted by molar-refractivity contribution is 5.35. The van der Waals surface area contributed by atoms with Gasteiger partial charge in [-0.15, -0.1) is 0 Å². The monoisotopic (exact) mass is 175 g/mol. The molecule has 1 aliphatic carbocycles. The molecule has 2 aromatic heterocycles. The molecule has 0 bridgehead atoms. The van der Waals surface area contributed by atoms with Crippen molar-refractivity contribution in [3.05, 3.63) is 24.2 Å². The molecule has 2 heterocycles. The van der Waals surface area contributed by atoms with Crippen LogP contribution in [0.1, 0.15) is 24.3 Å². The van der Waals surface area contributed by atoms with Crippen molar-refractivity contribution < 1.29 is 5.11 Å². The number of fused-ring (bicyclic) bond motifs is 1. The Morgan fingerprint density at radius 2 is 2.08 bits per heavy atom. The number of aromatic hydroxyl groups is 1. The van der Waals surface area contributed by atoms with Gasteiger partial charge in [0.05, 0.1) is 6.20 Å². The summed E-state index contributed by atoms with van der Waals surface area (Å²) in [7, 11) is 0. The number of aromatic nitrogens is 3. The quantitative estimate of drug-likeness (QED) is 0.711. The van der Waals surface area contributed by atoms with E-state index in [0.29, 0.717) is 11.7 Å². The van der Waals surface area contributed by atoms with Crippen LogP contribution in [0.3, 0.4) is 0 Å². The summed E-state index contributed by atoms with van der Waals surface area (Å²) < 4.78 is 1.62. The minimum atomic E-state index is 0.157. The maximum atomic E-state index is 9.40. The van der Waals surface area contributed by atoms with Crippen LogP contribution in [-0.4, -0.2) is 19.5 Å². The van der Waals surface area contributed by atoms with Crippen molar-refractivity contribution in [3.8, 4) is 5.88 Å². The van der Waals surface area contributed by atoms with E-state index in [1.807, 2.05) is 12.4 Å². The number of imidazole rings is 1. The first-order valence-electron chi connectivity index (χ1n) is 4.36. The van der Waals surface area contributed by atoms with Crippen LogP contribution in [0.25, 0.3) is 5.78 Å². The van der Waals surface area contributed by atoms with E-state index in [0.717, 1.165) is 0 Å². The fourth-order valence-corrected chi connectivity index (χ4v) is 1.50. The predicted octanol–water partition coefficient (Wildman–Crippen LogP) is 1.31. The fourth-order valence-electron chi connectivity index (χ4n) is 1.50. The number of hydrogen-bond donors (Lipinski definition) is 1. The third-order valence-electron chi connectivity index (χ3n) is 2.41. The van der Waals surface area contributed by atoms with Gasteiger partial charge in [0.25, 0.3) is 0 Å². The summed E-state index contributed by atoms with van der Waals surface area (Å²) in [5, 5.41) is 9.40. The minimum absolute atomic E-state index is 0.157. The first-order chi connectivity index (χ1) is 6.34. The Bertz CT molecular complexity index is 459. The molecule has 1 fully saturated rings.